The Balaban J connectivity index is -0.0000000171. The summed E-state index contributed by atoms with van der Waals surface area (Å²) in [6.07, 6.45) is -4.67. The summed E-state index contributed by atoms with van der Waals surface area (Å²) in [6, 6.07) is 0. The Morgan fingerprint density at radius 2 is 0.727 bits per heavy atom. The van der Waals surface area contributed by atoms with Gasteiger partial charge in [-0.25, -0.2) is 0 Å². The van der Waals surface area contributed by atoms with Crippen molar-refractivity contribution >= 4 is 12.3 Å². The summed E-state index contributed by atoms with van der Waals surface area (Å²) in [6.45, 7) is 0. The second-order valence-corrected chi connectivity index (χ2v) is 0.500. The van der Waals surface area contributed by atoms with Crippen molar-refractivity contribution in [3.8, 4) is 0 Å². The third-order valence-corrected chi connectivity index (χ3v) is 0. The van der Waals surface area contributed by atoms with Crippen molar-refractivity contribution in [2.75, 3.05) is 0 Å². The second kappa shape index (κ2) is 22.4. The average molecular weight is 414 g/mol. The molecule has 0 atom stereocenters. The first kappa shape index (κ1) is 29.7. The summed E-state index contributed by atoms with van der Waals surface area (Å²) in [5.74, 6) is 0. The van der Waals surface area contributed by atoms with Gasteiger partial charge in [-0.05, 0) is 12.3 Å². The molecule has 56 valence electrons. The molecule has 0 heterocycles. The summed E-state index contributed by atoms with van der Waals surface area (Å²) >= 11 is 0. The molecule has 0 spiro atoms. The molecule has 0 unspecified atom stereocenters. The molecule has 0 aromatic heterocycles. The molecule has 0 aromatic carbocycles. The minimum Gasteiger partial charge on any atom is -2.00 e. The van der Waals surface area contributed by atoms with Crippen LogP contribution >= 0.6 is 0 Å². The van der Waals surface area contributed by atoms with Crippen LogP contribution in [-0.2, 0) is 5.48 Å². The average Bonchev–Trinajstić information content (AvgIpc) is 1.25. The van der Waals surface area contributed by atoms with Crippen molar-refractivity contribution in [1.82, 2.24) is 0 Å². The topological polar surface area (TPSA) is 155 Å². The summed E-state index contributed by atoms with van der Waals surface area (Å²) < 4.78 is 0. The van der Waals surface area contributed by atoms with E-state index in [1.54, 1.807) is 0 Å². The van der Waals surface area contributed by atoms with Crippen molar-refractivity contribution in [2.24, 2.45) is 0 Å². The van der Waals surface area contributed by atoms with Gasteiger partial charge >= 0.3 is 71.2 Å². The van der Waals surface area contributed by atoms with Crippen LogP contribution < -0.4 is 20.4 Å². The molecule has 0 saturated heterocycles. The molecular weight excluding hydrogens is 414 g/mol. The van der Waals surface area contributed by atoms with Crippen LogP contribution in [0.3, 0.4) is 0 Å². The molecule has 0 fully saturated rings. The zero-order valence-electron chi connectivity index (χ0n) is 5.01. The van der Waals surface area contributed by atoms with Crippen molar-refractivity contribution in [2.45, 2.75) is 0 Å². The molecule has 0 bridgehead atoms. The van der Waals surface area contributed by atoms with Gasteiger partial charge in [0, 0.05) is 0 Å². The predicted octanol–water partition coefficient (Wildman–Crippen LogP) is -5.01. The normalized spacial score (nSPS) is 4.36. The van der Waals surface area contributed by atoms with Crippen LogP contribution in [0.15, 0.2) is 0 Å². The molecule has 0 aliphatic carbocycles. The maximum absolute atomic E-state index is 8.33. The van der Waals surface area contributed by atoms with Crippen LogP contribution in [0.4, 0.5) is 9.59 Å². The zero-order valence-corrected chi connectivity index (χ0v) is 12.3. The molecule has 0 radical (unpaired) electrons. The first-order valence-corrected chi connectivity index (χ1v) is 1.22. The fourth-order valence-electron chi connectivity index (χ4n) is 0. The Morgan fingerprint density at radius 3 is 0.727 bits per heavy atom. The summed E-state index contributed by atoms with van der Waals surface area (Å²) in [4.78, 5) is 16.7. The number of hydrogen-bond acceptors (Lipinski definition) is 6. The molecule has 0 aliphatic rings. The van der Waals surface area contributed by atoms with E-state index >= 15 is 0 Å². The molecule has 9 heteroatoms. The third-order valence-electron chi connectivity index (χ3n) is 0. The van der Waals surface area contributed by atoms with Gasteiger partial charge in [-0.1, -0.05) is 0 Å². The van der Waals surface area contributed by atoms with Gasteiger partial charge in [0.05, 0.1) is 0 Å². The van der Waals surface area contributed by atoms with E-state index < -0.39 is 12.3 Å². The quantitative estimate of drug-likeness (QED) is 0.387. The van der Waals surface area contributed by atoms with Gasteiger partial charge in [0.1, 0.15) is 0 Å². The Morgan fingerprint density at radius 1 is 0.727 bits per heavy atom. The van der Waals surface area contributed by atoms with E-state index in [2.05, 4.69) is 0 Å². The van der Waals surface area contributed by atoms with Crippen LogP contribution in [0.5, 0.6) is 0 Å². The molecule has 0 saturated carbocycles. The minimum absolute atomic E-state index is 0. The van der Waals surface area contributed by atoms with Crippen LogP contribution in [-0.4, -0.2) is 12.3 Å². The number of carboxylic acid groups (broad SMARTS) is 4. The van der Waals surface area contributed by atoms with E-state index in [4.69, 9.17) is 30.0 Å². The van der Waals surface area contributed by atoms with Gasteiger partial charge in [0.25, 0.3) is 0 Å². The van der Waals surface area contributed by atoms with Crippen LogP contribution in [0.1, 0.15) is 0 Å². The SMILES string of the molecule is O=C([O-])[O-].O=C([O-])[O-].[La+3].[La+3].[O-2]. The molecule has 0 amide bonds. The van der Waals surface area contributed by atoms with Crippen molar-refractivity contribution in [1.29, 1.82) is 0 Å². The maximum atomic E-state index is 8.33. The zero-order chi connectivity index (χ0) is 7.15. The monoisotopic (exact) mass is 414 g/mol. The van der Waals surface area contributed by atoms with Crippen molar-refractivity contribution < 1.29 is 107 Å². The standard InChI is InChI=1S/2CH2O3.2La.O/c2*2-1(3)4;;;/h2*(H2,2,3,4);;;/q;;2*+3;-2/p-4. The smallest absolute Gasteiger partial charge is 2.00 e. The number of carbonyl (C=O) groups excluding carboxylic acids is 2. The molecule has 7 nitrogen and oxygen atoms in total. The molecule has 11 heavy (non-hydrogen) atoms. The van der Waals surface area contributed by atoms with Gasteiger partial charge in [-0.2, -0.15) is 0 Å². The molecule has 0 aliphatic heterocycles. The number of rotatable bonds is 0. The van der Waals surface area contributed by atoms with E-state index in [1.165, 1.54) is 0 Å². The number of hydrogen-bond donors (Lipinski definition) is 0. The largest absolute Gasteiger partial charge is 3.00 e. The molecule has 0 N–H and O–H groups in total. The first-order valence-electron chi connectivity index (χ1n) is 1.22. The van der Waals surface area contributed by atoms with E-state index in [0.29, 0.717) is 0 Å². The second-order valence-electron chi connectivity index (χ2n) is 0.500. The summed E-state index contributed by atoms with van der Waals surface area (Å²) in [5, 5.41) is 33.3. The van der Waals surface area contributed by atoms with Gasteiger partial charge in [-0.3, -0.25) is 0 Å². The van der Waals surface area contributed by atoms with E-state index in [-0.39, 0.29) is 76.7 Å². The van der Waals surface area contributed by atoms with Gasteiger partial charge in [-0.15, -0.1) is 0 Å². The third kappa shape index (κ3) is 1090. The van der Waals surface area contributed by atoms with Crippen LogP contribution in [0, 0.1) is 71.2 Å². The van der Waals surface area contributed by atoms with Crippen molar-refractivity contribution in [3.05, 3.63) is 0 Å². The fraction of sp³-hybridized carbons (Fsp3) is 0. The van der Waals surface area contributed by atoms with Crippen LogP contribution in [0.25, 0.3) is 0 Å². The van der Waals surface area contributed by atoms with E-state index in [9.17, 15) is 0 Å². The van der Waals surface area contributed by atoms with Crippen LogP contribution in [0.2, 0.25) is 0 Å². The number of carbonyl (C=O) groups is 2. The summed E-state index contributed by atoms with van der Waals surface area (Å²) in [7, 11) is 0. The first-order chi connectivity index (χ1) is 3.46. The van der Waals surface area contributed by atoms with Gasteiger partial charge in [0.2, 0.25) is 0 Å². The Kier molecular flexibility index (Phi) is 60.6. The van der Waals surface area contributed by atoms with Gasteiger partial charge < -0.3 is 35.5 Å². The Hall–Kier alpha value is 0.890. The molecular formula is C2La2O7. The fourth-order valence-corrected chi connectivity index (χ4v) is 0. The molecule has 0 aromatic rings. The molecule has 0 rings (SSSR count). The van der Waals surface area contributed by atoms with E-state index in [1.807, 2.05) is 0 Å². The minimum atomic E-state index is -2.33. The Bertz CT molecular complexity index is 72.4. The van der Waals surface area contributed by atoms with E-state index in [0.717, 1.165) is 0 Å². The summed E-state index contributed by atoms with van der Waals surface area (Å²) in [5.41, 5.74) is 0. The maximum Gasteiger partial charge on any atom is 3.00 e. The van der Waals surface area contributed by atoms with Gasteiger partial charge in [0.15, 0.2) is 0 Å². The van der Waals surface area contributed by atoms with Crippen molar-refractivity contribution in [3.63, 3.8) is 0 Å². The Labute approximate surface area is 117 Å². The predicted molar refractivity (Wildman–Crippen MR) is 11.5 cm³/mol.